The first-order valence-electron chi connectivity index (χ1n) is 6.17. The standard InChI is InChI=1S/C13H11N3O4S/c1-7-11(21-15-14-7)12(17)16-6-10(13(18)19)20-9-5-3-2-4-8(9)16/h2-5,10H,6H2,1H3,(H,18,19). The number of carboxylic acid groups (broad SMARTS) is 1. The Morgan fingerprint density at radius 2 is 2.19 bits per heavy atom. The fraction of sp³-hybridized carbons (Fsp3) is 0.231. The second-order valence-electron chi connectivity index (χ2n) is 4.52. The van der Waals surface area contributed by atoms with Crippen molar-refractivity contribution >= 4 is 29.1 Å². The lowest BCUT2D eigenvalue weighted by Gasteiger charge is -2.32. The summed E-state index contributed by atoms with van der Waals surface area (Å²) in [4.78, 5) is 25.6. The Bertz CT molecular complexity index is 715. The highest BCUT2D eigenvalue weighted by molar-refractivity contribution is 7.08. The van der Waals surface area contributed by atoms with Crippen molar-refractivity contribution in [2.75, 3.05) is 11.4 Å². The van der Waals surface area contributed by atoms with Crippen LogP contribution in [0.4, 0.5) is 5.69 Å². The molecular weight excluding hydrogens is 294 g/mol. The summed E-state index contributed by atoms with van der Waals surface area (Å²) in [5.74, 6) is -1.05. The Balaban J connectivity index is 2.02. The molecule has 0 aliphatic carbocycles. The minimum absolute atomic E-state index is 0.0531. The Labute approximate surface area is 123 Å². The number of aryl methyl sites for hydroxylation is 1. The number of para-hydroxylation sites is 2. The topological polar surface area (TPSA) is 92.6 Å². The van der Waals surface area contributed by atoms with Gasteiger partial charge in [0.05, 0.1) is 17.9 Å². The van der Waals surface area contributed by atoms with E-state index in [1.54, 1.807) is 31.2 Å². The summed E-state index contributed by atoms with van der Waals surface area (Å²) in [6.07, 6.45) is -1.09. The summed E-state index contributed by atoms with van der Waals surface area (Å²) < 4.78 is 9.14. The smallest absolute Gasteiger partial charge is 0.346 e. The molecule has 2 aromatic rings. The molecule has 0 spiro atoms. The quantitative estimate of drug-likeness (QED) is 0.900. The average molecular weight is 305 g/mol. The summed E-state index contributed by atoms with van der Waals surface area (Å²) in [6, 6.07) is 6.85. The van der Waals surface area contributed by atoms with Crippen LogP contribution in [0, 0.1) is 6.92 Å². The lowest BCUT2D eigenvalue weighted by molar-refractivity contribution is -0.144. The van der Waals surface area contributed by atoms with Gasteiger partial charge in [0.1, 0.15) is 10.6 Å². The second-order valence-corrected chi connectivity index (χ2v) is 5.27. The minimum Gasteiger partial charge on any atom is -0.478 e. The predicted octanol–water partition coefficient (Wildman–Crippen LogP) is 1.34. The largest absolute Gasteiger partial charge is 0.478 e. The maximum absolute atomic E-state index is 12.6. The molecule has 2 heterocycles. The van der Waals surface area contributed by atoms with Crippen molar-refractivity contribution in [2.24, 2.45) is 0 Å². The van der Waals surface area contributed by atoms with Gasteiger partial charge < -0.3 is 9.84 Å². The molecule has 1 aliphatic heterocycles. The number of amides is 1. The van der Waals surface area contributed by atoms with Gasteiger partial charge in [0.2, 0.25) is 6.10 Å². The lowest BCUT2D eigenvalue weighted by Crippen LogP contribution is -2.47. The number of carbonyl (C=O) groups excluding carboxylic acids is 1. The normalized spacial score (nSPS) is 17.0. The first kappa shape index (κ1) is 13.5. The van der Waals surface area contributed by atoms with E-state index in [9.17, 15) is 9.59 Å². The molecule has 3 rings (SSSR count). The summed E-state index contributed by atoms with van der Waals surface area (Å²) in [5, 5.41) is 13.0. The molecule has 1 unspecified atom stereocenters. The third kappa shape index (κ3) is 2.33. The molecule has 1 atom stereocenters. The molecule has 0 saturated carbocycles. The number of aromatic nitrogens is 2. The maximum atomic E-state index is 12.6. The highest BCUT2D eigenvalue weighted by Gasteiger charge is 2.35. The van der Waals surface area contributed by atoms with Crippen molar-refractivity contribution in [2.45, 2.75) is 13.0 Å². The van der Waals surface area contributed by atoms with E-state index in [0.29, 0.717) is 22.0 Å². The molecule has 21 heavy (non-hydrogen) atoms. The van der Waals surface area contributed by atoms with E-state index in [4.69, 9.17) is 9.84 Å². The van der Waals surface area contributed by atoms with Gasteiger partial charge in [0.15, 0.2) is 0 Å². The monoisotopic (exact) mass is 305 g/mol. The highest BCUT2D eigenvalue weighted by atomic mass is 32.1. The number of carbonyl (C=O) groups is 2. The van der Waals surface area contributed by atoms with Crippen LogP contribution in [0.5, 0.6) is 5.75 Å². The molecule has 1 N–H and O–H groups in total. The molecule has 0 fully saturated rings. The van der Waals surface area contributed by atoms with Crippen molar-refractivity contribution in [1.82, 2.24) is 9.59 Å². The molecular formula is C13H11N3O4S. The van der Waals surface area contributed by atoms with Gasteiger partial charge in [-0.25, -0.2) is 4.79 Å². The van der Waals surface area contributed by atoms with Crippen LogP contribution in [0.1, 0.15) is 15.4 Å². The molecule has 0 radical (unpaired) electrons. The number of nitrogens with zero attached hydrogens (tertiary/aromatic N) is 3. The van der Waals surface area contributed by atoms with Crippen LogP contribution < -0.4 is 9.64 Å². The van der Waals surface area contributed by atoms with Crippen LogP contribution >= 0.6 is 11.5 Å². The number of carboxylic acids is 1. The molecule has 1 aromatic carbocycles. The Kier molecular flexibility index (Phi) is 3.30. The van der Waals surface area contributed by atoms with E-state index in [0.717, 1.165) is 11.5 Å². The Hall–Kier alpha value is -2.48. The van der Waals surface area contributed by atoms with E-state index in [1.165, 1.54) is 4.90 Å². The third-order valence-electron chi connectivity index (χ3n) is 3.14. The third-order valence-corrected chi connectivity index (χ3v) is 3.96. The van der Waals surface area contributed by atoms with Gasteiger partial charge in [-0.05, 0) is 30.6 Å². The highest BCUT2D eigenvalue weighted by Crippen LogP contribution is 2.34. The van der Waals surface area contributed by atoms with Crippen molar-refractivity contribution in [3.05, 3.63) is 34.8 Å². The SMILES string of the molecule is Cc1nnsc1C(=O)N1CC(C(=O)O)Oc2ccccc21. The van der Waals surface area contributed by atoms with Crippen molar-refractivity contribution in [3.8, 4) is 5.75 Å². The zero-order chi connectivity index (χ0) is 15.0. The number of ether oxygens (including phenoxy) is 1. The van der Waals surface area contributed by atoms with Crippen LogP contribution in [0.3, 0.4) is 0 Å². The van der Waals surface area contributed by atoms with E-state index in [1.807, 2.05) is 0 Å². The zero-order valence-corrected chi connectivity index (χ0v) is 11.8. The second kappa shape index (κ2) is 5.13. The first-order chi connectivity index (χ1) is 10.1. The molecule has 1 aromatic heterocycles. The van der Waals surface area contributed by atoms with Crippen molar-refractivity contribution in [3.63, 3.8) is 0 Å². The van der Waals surface area contributed by atoms with Crippen LogP contribution in [0.25, 0.3) is 0 Å². The van der Waals surface area contributed by atoms with Gasteiger partial charge in [-0.15, -0.1) is 5.10 Å². The number of aliphatic carboxylic acids is 1. The fourth-order valence-electron chi connectivity index (χ4n) is 2.11. The number of benzene rings is 1. The number of rotatable bonds is 2. The summed E-state index contributed by atoms with van der Waals surface area (Å²) in [6.45, 7) is 1.64. The minimum atomic E-state index is -1.11. The van der Waals surface area contributed by atoms with Crippen molar-refractivity contribution in [1.29, 1.82) is 0 Å². The Morgan fingerprint density at radius 1 is 1.43 bits per heavy atom. The van der Waals surface area contributed by atoms with Crippen LogP contribution in [-0.2, 0) is 4.79 Å². The predicted molar refractivity (Wildman–Crippen MR) is 74.8 cm³/mol. The van der Waals surface area contributed by atoms with Crippen LogP contribution in [0.15, 0.2) is 24.3 Å². The van der Waals surface area contributed by atoms with E-state index >= 15 is 0 Å². The average Bonchev–Trinajstić information content (AvgIpc) is 2.91. The van der Waals surface area contributed by atoms with Gasteiger partial charge in [-0.3, -0.25) is 9.69 Å². The first-order valence-corrected chi connectivity index (χ1v) is 6.94. The molecule has 0 saturated heterocycles. The number of anilines is 1. The van der Waals surface area contributed by atoms with Gasteiger partial charge in [0, 0.05) is 0 Å². The van der Waals surface area contributed by atoms with E-state index < -0.39 is 12.1 Å². The van der Waals surface area contributed by atoms with E-state index in [-0.39, 0.29) is 12.5 Å². The Morgan fingerprint density at radius 3 is 2.86 bits per heavy atom. The van der Waals surface area contributed by atoms with Gasteiger partial charge >= 0.3 is 5.97 Å². The summed E-state index contributed by atoms with van der Waals surface area (Å²) in [5.41, 5.74) is 1.08. The van der Waals surface area contributed by atoms with Crippen LogP contribution in [0.2, 0.25) is 0 Å². The zero-order valence-electron chi connectivity index (χ0n) is 11.0. The molecule has 108 valence electrons. The fourth-order valence-corrected chi connectivity index (χ4v) is 2.71. The lowest BCUT2D eigenvalue weighted by atomic mass is 10.1. The summed E-state index contributed by atoms with van der Waals surface area (Å²) in [7, 11) is 0. The van der Waals surface area contributed by atoms with Gasteiger partial charge in [-0.1, -0.05) is 16.6 Å². The number of hydrogen-bond donors (Lipinski definition) is 1. The molecule has 8 heteroatoms. The number of fused-ring (bicyclic) bond motifs is 1. The molecule has 1 aliphatic rings. The number of hydrogen-bond acceptors (Lipinski definition) is 6. The maximum Gasteiger partial charge on any atom is 0.346 e. The molecule has 1 amide bonds. The van der Waals surface area contributed by atoms with Crippen LogP contribution in [-0.4, -0.2) is 39.2 Å². The van der Waals surface area contributed by atoms with E-state index in [2.05, 4.69) is 9.59 Å². The molecule has 7 nitrogen and oxygen atoms in total. The molecule has 0 bridgehead atoms. The summed E-state index contributed by atoms with van der Waals surface area (Å²) >= 11 is 0.995. The van der Waals surface area contributed by atoms with Gasteiger partial charge in [-0.2, -0.15) is 0 Å². The van der Waals surface area contributed by atoms with Crippen molar-refractivity contribution < 1.29 is 19.4 Å². The van der Waals surface area contributed by atoms with Gasteiger partial charge in [0.25, 0.3) is 5.91 Å².